The third-order valence-corrected chi connectivity index (χ3v) is 6.28. The maximum Gasteiger partial charge on any atom is 0.262 e. The van der Waals surface area contributed by atoms with Gasteiger partial charge in [-0.05, 0) is 55.3 Å². The highest BCUT2D eigenvalue weighted by Crippen LogP contribution is 2.36. The summed E-state index contributed by atoms with van der Waals surface area (Å²) in [5.41, 5.74) is 8.31. The van der Waals surface area contributed by atoms with E-state index in [0.29, 0.717) is 27.7 Å². The molecule has 3 N–H and O–H groups in total. The number of hydrogen-bond acceptors (Lipinski definition) is 6. The number of nitrogens with two attached hydrogens (primary N) is 1. The summed E-state index contributed by atoms with van der Waals surface area (Å²) in [5, 5.41) is 3.38. The number of hydrogen-bond donors (Lipinski definition) is 2. The molecule has 0 saturated heterocycles. The van der Waals surface area contributed by atoms with Gasteiger partial charge < -0.3 is 15.8 Å². The third kappa shape index (κ3) is 5.62. The lowest BCUT2D eigenvalue weighted by Gasteiger charge is -2.30. The van der Waals surface area contributed by atoms with Gasteiger partial charge in [-0.25, -0.2) is 0 Å². The van der Waals surface area contributed by atoms with Gasteiger partial charge in [0.1, 0.15) is 5.75 Å². The Kier molecular flexibility index (Phi) is 6.79. The minimum Gasteiger partial charge on any atom is -0.484 e. The first-order valence-electron chi connectivity index (χ1n) is 10.6. The smallest absolute Gasteiger partial charge is 0.262 e. The summed E-state index contributed by atoms with van der Waals surface area (Å²) in [6.07, 6.45) is 0.880. The van der Waals surface area contributed by atoms with E-state index in [1.54, 1.807) is 48.2 Å². The average molecular weight is 460 g/mol. The van der Waals surface area contributed by atoms with Crippen molar-refractivity contribution in [2.45, 2.75) is 18.9 Å². The van der Waals surface area contributed by atoms with Gasteiger partial charge in [0.2, 0.25) is 0 Å². The van der Waals surface area contributed by atoms with Crippen LogP contribution in [0.5, 0.6) is 5.75 Å². The van der Waals surface area contributed by atoms with Crippen LogP contribution in [0.2, 0.25) is 0 Å². The molecule has 3 aromatic carbocycles. The molecule has 1 unspecified atom stereocenters. The van der Waals surface area contributed by atoms with Crippen molar-refractivity contribution in [3.8, 4) is 5.75 Å². The molecule has 168 valence electrons. The Balaban J connectivity index is 1.34. The monoisotopic (exact) mass is 459 g/mol. The van der Waals surface area contributed by atoms with E-state index < -0.39 is 5.54 Å². The van der Waals surface area contributed by atoms with Crippen LogP contribution in [0.4, 0.5) is 5.69 Å². The summed E-state index contributed by atoms with van der Waals surface area (Å²) in [7, 11) is 0. The van der Waals surface area contributed by atoms with Crippen molar-refractivity contribution in [3.05, 3.63) is 95.6 Å². The quantitative estimate of drug-likeness (QED) is 0.504. The van der Waals surface area contributed by atoms with Crippen LogP contribution in [0.15, 0.2) is 83.9 Å². The minimum absolute atomic E-state index is 0.0620. The number of anilines is 1. The van der Waals surface area contributed by atoms with E-state index in [-0.39, 0.29) is 18.3 Å². The Hall–Kier alpha value is -3.58. The van der Waals surface area contributed by atoms with Gasteiger partial charge in [0.25, 0.3) is 5.91 Å². The van der Waals surface area contributed by atoms with Crippen LogP contribution >= 0.6 is 11.8 Å². The van der Waals surface area contributed by atoms with Crippen molar-refractivity contribution in [1.82, 2.24) is 0 Å². The van der Waals surface area contributed by atoms with Gasteiger partial charge >= 0.3 is 0 Å². The molecular formula is C26H25N3O3S. The molecule has 3 aromatic rings. The van der Waals surface area contributed by atoms with Crippen LogP contribution in [-0.4, -0.2) is 29.2 Å². The van der Waals surface area contributed by atoms with Crippen LogP contribution in [0.3, 0.4) is 0 Å². The molecule has 0 radical (unpaired) electrons. The fourth-order valence-corrected chi connectivity index (χ4v) is 4.60. The lowest BCUT2D eigenvalue weighted by atomic mass is 9.90. The number of benzene rings is 3. The van der Waals surface area contributed by atoms with Gasteiger partial charge in [0.15, 0.2) is 17.6 Å². The normalized spacial score (nSPS) is 17.7. The molecule has 0 aliphatic carbocycles. The molecule has 0 aromatic heterocycles. The van der Waals surface area contributed by atoms with Gasteiger partial charge in [-0.1, -0.05) is 54.2 Å². The second kappa shape index (κ2) is 9.92. The Labute approximate surface area is 197 Å². The fourth-order valence-electron chi connectivity index (χ4n) is 3.62. The molecule has 1 atom stereocenters. The highest BCUT2D eigenvalue weighted by molar-refractivity contribution is 8.13. The Morgan fingerprint density at radius 2 is 1.76 bits per heavy atom. The molecule has 4 rings (SSSR count). The first kappa shape index (κ1) is 22.6. The van der Waals surface area contributed by atoms with Crippen molar-refractivity contribution in [1.29, 1.82) is 0 Å². The van der Waals surface area contributed by atoms with Crippen LogP contribution < -0.4 is 15.8 Å². The largest absolute Gasteiger partial charge is 0.484 e. The third-order valence-electron chi connectivity index (χ3n) is 5.49. The number of ketones is 1. The number of amides is 1. The van der Waals surface area contributed by atoms with Crippen LogP contribution in [0.25, 0.3) is 0 Å². The topological polar surface area (TPSA) is 93.8 Å². The number of rotatable bonds is 7. The van der Waals surface area contributed by atoms with E-state index in [1.807, 2.05) is 42.5 Å². The standard InChI is InChI=1S/C26H25N3O3S/c1-26(14-15-33-25(27)29-26)20-8-5-9-22(16-20)32-17-23(30)28-21-12-10-19(11-13-21)24(31)18-6-3-2-4-7-18/h2-13,16H,14-15,17H2,1H3,(H2,27,29)(H,28,30). The summed E-state index contributed by atoms with van der Waals surface area (Å²) in [6, 6.07) is 23.5. The van der Waals surface area contributed by atoms with Gasteiger partial charge in [-0.15, -0.1) is 0 Å². The van der Waals surface area contributed by atoms with Crippen molar-refractivity contribution in [2.24, 2.45) is 10.7 Å². The highest BCUT2D eigenvalue weighted by atomic mass is 32.2. The van der Waals surface area contributed by atoms with E-state index >= 15 is 0 Å². The zero-order valence-corrected chi connectivity index (χ0v) is 19.1. The van der Waals surface area contributed by atoms with E-state index in [9.17, 15) is 9.59 Å². The summed E-state index contributed by atoms with van der Waals surface area (Å²) in [5.74, 6) is 1.16. The highest BCUT2D eigenvalue weighted by Gasteiger charge is 2.29. The molecular weight excluding hydrogens is 434 g/mol. The Morgan fingerprint density at radius 3 is 2.48 bits per heavy atom. The molecule has 0 saturated carbocycles. The number of carbonyl (C=O) groups is 2. The van der Waals surface area contributed by atoms with Crippen LogP contribution in [0, 0.1) is 0 Å². The second-order valence-electron chi connectivity index (χ2n) is 7.96. The van der Waals surface area contributed by atoms with Crippen LogP contribution in [0.1, 0.15) is 34.8 Å². The van der Waals surface area contributed by atoms with Crippen molar-refractivity contribution in [3.63, 3.8) is 0 Å². The van der Waals surface area contributed by atoms with Crippen LogP contribution in [-0.2, 0) is 10.3 Å². The number of nitrogens with one attached hydrogen (secondary N) is 1. The molecule has 1 aliphatic heterocycles. The number of amidine groups is 1. The summed E-state index contributed by atoms with van der Waals surface area (Å²) in [6.45, 7) is 1.92. The lowest BCUT2D eigenvalue weighted by Crippen LogP contribution is -2.28. The van der Waals surface area contributed by atoms with Crippen molar-refractivity contribution < 1.29 is 14.3 Å². The maximum absolute atomic E-state index is 12.5. The predicted molar refractivity (Wildman–Crippen MR) is 133 cm³/mol. The number of nitrogens with zero attached hydrogens (tertiary/aromatic N) is 1. The number of aliphatic imine (C=N–C) groups is 1. The van der Waals surface area contributed by atoms with Gasteiger partial charge in [-0.3, -0.25) is 14.6 Å². The van der Waals surface area contributed by atoms with Gasteiger partial charge in [-0.2, -0.15) is 0 Å². The van der Waals surface area contributed by atoms with Gasteiger partial charge in [0, 0.05) is 22.6 Å². The molecule has 0 bridgehead atoms. The van der Waals surface area contributed by atoms with Crippen molar-refractivity contribution >= 4 is 34.3 Å². The molecule has 33 heavy (non-hydrogen) atoms. The first-order chi connectivity index (χ1) is 15.9. The average Bonchev–Trinajstić information content (AvgIpc) is 2.83. The Morgan fingerprint density at radius 1 is 1.03 bits per heavy atom. The fraction of sp³-hybridized carbons (Fsp3) is 0.192. The SMILES string of the molecule is CC1(c2cccc(OCC(=O)Nc3ccc(C(=O)c4ccccc4)cc3)c2)CCSC(N)=N1. The zero-order chi connectivity index (χ0) is 23.3. The summed E-state index contributed by atoms with van der Waals surface area (Å²) in [4.78, 5) is 29.5. The van der Waals surface area contributed by atoms with E-state index in [1.165, 1.54) is 0 Å². The Bertz CT molecular complexity index is 1180. The summed E-state index contributed by atoms with van der Waals surface area (Å²) < 4.78 is 5.71. The summed E-state index contributed by atoms with van der Waals surface area (Å²) >= 11 is 1.56. The minimum atomic E-state index is -0.393. The second-order valence-corrected chi connectivity index (χ2v) is 9.07. The number of carbonyl (C=O) groups excluding carboxylic acids is 2. The molecule has 6 nitrogen and oxygen atoms in total. The van der Waals surface area contributed by atoms with Gasteiger partial charge in [0.05, 0.1) is 5.54 Å². The van der Waals surface area contributed by atoms with E-state index in [2.05, 4.69) is 17.2 Å². The molecule has 1 amide bonds. The zero-order valence-electron chi connectivity index (χ0n) is 18.3. The number of thioether (sulfide) groups is 1. The first-order valence-corrected chi connectivity index (χ1v) is 11.6. The molecule has 1 heterocycles. The molecule has 7 heteroatoms. The van der Waals surface area contributed by atoms with Crippen molar-refractivity contribution in [2.75, 3.05) is 17.7 Å². The number of ether oxygens (including phenoxy) is 1. The lowest BCUT2D eigenvalue weighted by molar-refractivity contribution is -0.118. The molecule has 1 aliphatic rings. The van der Waals surface area contributed by atoms with E-state index in [0.717, 1.165) is 17.7 Å². The molecule has 0 fully saturated rings. The predicted octanol–water partition coefficient (Wildman–Crippen LogP) is 4.60. The maximum atomic E-state index is 12.5. The molecule has 0 spiro atoms. The van der Waals surface area contributed by atoms with E-state index in [4.69, 9.17) is 10.5 Å².